The Morgan fingerprint density at radius 1 is 1.27 bits per heavy atom. The average Bonchev–Trinajstić information content (AvgIpc) is 2.38. The van der Waals surface area contributed by atoms with E-state index in [4.69, 9.17) is 11.6 Å². The highest BCUT2D eigenvalue weighted by molar-refractivity contribution is 6.32. The molecule has 1 aromatic rings. The van der Waals surface area contributed by atoms with Gasteiger partial charge in [0.05, 0.1) is 5.02 Å². The summed E-state index contributed by atoms with van der Waals surface area (Å²) in [5, 5.41) is 5.06. The molecular formula is C14H17ClF2N2O3. The van der Waals surface area contributed by atoms with Gasteiger partial charge in [-0.15, -0.1) is 0 Å². The van der Waals surface area contributed by atoms with Crippen molar-refractivity contribution < 1.29 is 23.1 Å². The summed E-state index contributed by atoms with van der Waals surface area (Å²) in [6.07, 6.45) is 0. The lowest BCUT2D eigenvalue weighted by Gasteiger charge is -2.21. The van der Waals surface area contributed by atoms with Crippen LogP contribution in [0.2, 0.25) is 5.02 Å². The van der Waals surface area contributed by atoms with Crippen molar-refractivity contribution in [3.63, 3.8) is 0 Å². The first-order valence-corrected chi connectivity index (χ1v) is 6.90. The van der Waals surface area contributed by atoms with Crippen LogP contribution in [0.1, 0.15) is 20.8 Å². The SMILES string of the molecule is CC(=O)N[C@H](C(=O)Nc1ccc(OC(F)F)c(Cl)c1)C(C)C. The van der Waals surface area contributed by atoms with Crippen molar-refractivity contribution in [3.8, 4) is 5.75 Å². The van der Waals surface area contributed by atoms with E-state index >= 15 is 0 Å². The fraction of sp³-hybridized carbons (Fsp3) is 0.429. The Morgan fingerprint density at radius 3 is 2.36 bits per heavy atom. The molecule has 2 amide bonds. The number of alkyl halides is 2. The van der Waals surface area contributed by atoms with Crippen LogP contribution in [-0.2, 0) is 9.59 Å². The Balaban J connectivity index is 2.82. The summed E-state index contributed by atoms with van der Waals surface area (Å²) in [5.74, 6) is -1.06. The first kappa shape index (κ1) is 18.2. The number of halogens is 3. The summed E-state index contributed by atoms with van der Waals surface area (Å²) in [6, 6.07) is 3.19. The molecule has 2 N–H and O–H groups in total. The highest BCUT2D eigenvalue weighted by atomic mass is 35.5. The molecule has 0 fully saturated rings. The van der Waals surface area contributed by atoms with E-state index in [9.17, 15) is 18.4 Å². The third kappa shape index (κ3) is 5.48. The van der Waals surface area contributed by atoms with Crippen molar-refractivity contribution in [1.29, 1.82) is 0 Å². The largest absolute Gasteiger partial charge is 0.433 e. The quantitative estimate of drug-likeness (QED) is 0.840. The number of carbonyl (C=O) groups is 2. The molecule has 0 bridgehead atoms. The molecule has 0 saturated heterocycles. The van der Waals surface area contributed by atoms with E-state index in [1.165, 1.54) is 25.1 Å². The minimum Gasteiger partial charge on any atom is -0.433 e. The summed E-state index contributed by atoms with van der Waals surface area (Å²) in [5.41, 5.74) is 0.313. The number of hydrogen-bond acceptors (Lipinski definition) is 3. The lowest BCUT2D eigenvalue weighted by molar-refractivity contribution is -0.126. The number of hydrogen-bond donors (Lipinski definition) is 2. The number of carbonyl (C=O) groups excluding carboxylic acids is 2. The summed E-state index contributed by atoms with van der Waals surface area (Å²) >= 11 is 5.80. The van der Waals surface area contributed by atoms with Gasteiger partial charge in [0.2, 0.25) is 11.8 Å². The maximum atomic E-state index is 12.1. The van der Waals surface area contributed by atoms with Gasteiger partial charge >= 0.3 is 6.61 Å². The fourth-order valence-electron chi connectivity index (χ4n) is 1.74. The molecule has 0 radical (unpaired) electrons. The lowest BCUT2D eigenvalue weighted by Crippen LogP contribution is -2.46. The van der Waals surface area contributed by atoms with Crippen LogP contribution in [0.3, 0.4) is 0 Å². The summed E-state index contributed by atoms with van der Waals surface area (Å²) < 4.78 is 28.5. The molecule has 0 spiro atoms. The maximum absolute atomic E-state index is 12.1. The minimum absolute atomic E-state index is 0.0567. The van der Waals surface area contributed by atoms with Gasteiger partial charge < -0.3 is 15.4 Å². The number of amides is 2. The number of rotatable bonds is 6. The van der Waals surface area contributed by atoms with Crippen LogP contribution in [0.5, 0.6) is 5.75 Å². The number of anilines is 1. The van der Waals surface area contributed by atoms with E-state index in [2.05, 4.69) is 15.4 Å². The summed E-state index contributed by atoms with van der Waals surface area (Å²) in [4.78, 5) is 23.3. The average molecular weight is 335 g/mol. The maximum Gasteiger partial charge on any atom is 0.387 e. The number of benzene rings is 1. The molecule has 122 valence electrons. The zero-order valence-electron chi connectivity index (χ0n) is 12.3. The molecule has 0 unspecified atom stereocenters. The molecule has 0 aliphatic rings. The topological polar surface area (TPSA) is 67.4 Å². The number of ether oxygens (including phenoxy) is 1. The van der Waals surface area contributed by atoms with E-state index in [-0.39, 0.29) is 22.6 Å². The Kier molecular flexibility index (Phi) is 6.55. The Morgan fingerprint density at radius 2 is 1.91 bits per heavy atom. The zero-order valence-corrected chi connectivity index (χ0v) is 13.1. The fourth-order valence-corrected chi connectivity index (χ4v) is 1.97. The summed E-state index contributed by atoms with van der Waals surface area (Å²) in [7, 11) is 0. The molecule has 0 aliphatic heterocycles. The van der Waals surface area contributed by atoms with Gasteiger partial charge in [0.25, 0.3) is 0 Å². The Hall–Kier alpha value is -1.89. The second-order valence-corrected chi connectivity index (χ2v) is 5.34. The first-order chi connectivity index (χ1) is 10.2. The van der Waals surface area contributed by atoms with E-state index in [1.54, 1.807) is 13.8 Å². The van der Waals surface area contributed by atoms with Crippen LogP contribution in [-0.4, -0.2) is 24.5 Å². The van der Waals surface area contributed by atoms with E-state index < -0.39 is 18.6 Å². The molecule has 1 aromatic carbocycles. The second kappa shape index (κ2) is 7.93. The minimum atomic E-state index is -2.98. The van der Waals surface area contributed by atoms with Crippen molar-refractivity contribution in [2.24, 2.45) is 5.92 Å². The van der Waals surface area contributed by atoms with Gasteiger partial charge in [0.15, 0.2) is 0 Å². The molecule has 0 saturated carbocycles. The Bertz CT molecular complexity index is 553. The highest BCUT2D eigenvalue weighted by Gasteiger charge is 2.23. The third-order valence-electron chi connectivity index (χ3n) is 2.72. The van der Waals surface area contributed by atoms with Crippen molar-refractivity contribution in [1.82, 2.24) is 5.32 Å². The second-order valence-electron chi connectivity index (χ2n) is 4.94. The van der Waals surface area contributed by atoms with E-state index in [1.807, 2.05) is 0 Å². The molecule has 0 aliphatic carbocycles. The standard InChI is InChI=1S/C14H17ClF2N2O3/c1-7(2)12(18-8(3)20)13(21)19-9-4-5-11(10(15)6-9)22-14(16)17/h4-7,12,14H,1-3H3,(H,18,20)(H,19,21)/t12-/m0/s1. The molecule has 0 aromatic heterocycles. The van der Waals surface area contributed by atoms with Gasteiger partial charge in [-0.2, -0.15) is 8.78 Å². The van der Waals surface area contributed by atoms with Crippen molar-refractivity contribution in [3.05, 3.63) is 23.2 Å². The smallest absolute Gasteiger partial charge is 0.387 e. The van der Waals surface area contributed by atoms with Gasteiger partial charge in [-0.05, 0) is 24.1 Å². The molecular weight excluding hydrogens is 318 g/mol. The van der Waals surface area contributed by atoms with Crippen LogP contribution >= 0.6 is 11.6 Å². The van der Waals surface area contributed by atoms with Crippen molar-refractivity contribution in [2.75, 3.05) is 5.32 Å². The monoisotopic (exact) mass is 334 g/mol. The van der Waals surface area contributed by atoms with Crippen LogP contribution in [0.15, 0.2) is 18.2 Å². The van der Waals surface area contributed by atoms with Crippen LogP contribution in [0.25, 0.3) is 0 Å². The molecule has 8 heteroatoms. The predicted molar refractivity (Wildman–Crippen MR) is 79.2 cm³/mol. The van der Waals surface area contributed by atoms with Crippen LogP contribution in [0, 0.1) is 5.92 Å². The summed E-state index contributed by atoms with van der Waals surface area (Å²) in [6.45, 7) is 1.90. The first-order valence-electron chi connectivity index (χ1n) is 6.53. The normalized spacial score (nSPS) is 12.2. The van der Waals surface area contributed by atoms with Crippen LogP contribution in [0.4, 0.5) is 14.5 Å². The molecule has 22 heavy (non-hydrogen) atoms. The van der Waals surface area contributed by atoms with Gasteiger partial charge in [0, 0.05) is 12.6 Å². The van der Waals surface area contributed by atoms with Gasteiger partial charge in [-0.1, -0.05) is 25.4 Å². The molecule has 1 atom stereocenters. The zero-order chi connectivity index (χ0) is 16.9. The van der Waals surface area contributed by atoms with E-state index in [0.29, 0.717) is 5.69 Å². The Labute approximate surface area is 132 Å². The molecule has 5 nitrogen and oxygen atoms in total. The van der Waals surface area contributed by atoms with Crippen molar-refractivity contribution in [2.45, 2.75) is 33.4 Å². The number of nitrogens with one attached hydrogen (secondary N) is 2. The van der Waals surface area contributed by atoms with Gasteiger partial charge in [-0.3, -0.25) is 9.59 Å². The predicted octanol–water partition coefficient (Wildman–Crippen LogP) is 3.04. The van der Waals surface area contributed by atoms with Crippen LogP contribution < -0.4 is 15.4 Å². The van der Waals surface area contributed by atoms with Gasteiger partial charge in [-0.25, -0.2) is 0 Å². The molecule has 1 rings (SSSR count). The van der Waals surface area contributed by atoms with Gasteiger partial charge in [0.1, 0.15) is 11.8 Å². The van der Waals surface area contributed by atoms with Crippen molar-refractivity contribution >= 4 is 29.1 Å². The highest BCUT2D eigenvalue weighted by Crippen LogP contribution is 2.29. The third-order valence-corrected chi connectivity index (χ3v) is 3.02. The van der Waals surface area contributed by atoms with E-state index in [0.717, 1.165) is 0 Å². The lowest BCUT2D eigenvalue weighted by atomic mass is 10.0. The molecule has 0 heterocycles.